The van der Waals surface area contributed by atoms with Gasteiger partial charge in [0.25, 0.3) is 5.91 Å². The molecule has 0 saturated heterocycles. The van der Waals surface area contributed by atoms with Crippen LogP contribution in [0.25, 0.3) is 0 Å². The number of aryl methyl sites for hydroxylation is 1. The minimum atomic E-state index is -0.452. The van der Waals surface area contributed by atoms with Crippen molar-refractivity contribution in [2.24, 2.45) is 7.05 Å². The van der Waals surface area contributed by atoms with Crippen LogP contribution in [0.15, 0.2) is 36.5 Å². The Morgan fingerprint density at radius 2 is 2.05 bits per heavy atom. The van der Waals surface area contributed by atoms with E-state index in [1.54, 1.807) is 17.0 Å². The SMILES string of the molecule is Cn1ccc2c1CCN(C(=O)c1ccccc1F)C2. The number of aromatic nitrogens is 1. The highest BCUT2D eigenvalue weighted by molar-refractivity contribution is 5.94. The van der Waals surface area contributed by atoms with E-state index in [0.717, 1.165) is 12.0 Å². The quantitative estimate of drug-likeness (QED) is 0.771. The number of fused-ring (bicyclic) bond motifs is 1. The molecule has 1 aromatic carbocycles. The van der Waals surface area contributed by atoms with Gasteiger partial charge in [-0.25, -0.2) is 4.39 Å². The fourth-order valence-electron chi connectivity index (χ4n) is 2.60. The fraction of sp³-hybridized carbons (Fsp3) is 0.267. The molecule has 3 nitrogen and oxygen atoms in total. The van der Waals surface area contributed by atoms with Gasteiger partial charge in [0.15, 0.2) is 0 Å². The molecule has 0 atom stereocenters. The third-order valence-corrected chi connectivity index (χ3v) is 3.67. The Labute approximate surface area is 111 Å². The maximum absolute atomic E-state index is 13.6. The number of rotatable bonds is 1. The van der Waals surface area contributed by atoms with E-state index in [1.807, 2.05) is 19.3 Å². The van der Waals surface area contributed by atoms with Crippen molar-refractivity contribution in [2.45, 2.75) is 13.0 Å². The van der Waals surface area contributed by atoms with Gasteiger partial charge in [-0.2, -0.15) is 0 Å². The monoisotopic (exact) mass is 258 g/mol. The zero-order valence-electron chi connectivity index (χ0n) is 10.8. The van der Waals surface area contributed by atoms with Crippen LogP contribution in [0.4, 0.5) is 4.39 Å². The highest BCUT2D eigenvalue weighted by Gasteiger charge is 2.24. The maximum atomic E-state index is 13.6. The van der Waals surface area contributed by atoms with Crippen molar-refractivity contribution in [1.29, 1.82) is 0 Å². The molecule has 19 heavy (non-hydrogen) atoms. The molecule has 1 aliphatic rings. The summed E-state index contributed by atoms with van der Waals surface area (Å²) in [6, 6.07) is 8.17. The standard InChI is InChI=1S/C15H15FN2O/c1-17-8-6-11-10-18(9-7-14(11)17)15(19)12-4-2-3-5-13(12)16/h2-6,8H,7,9-10H2,1H3. The summed E-state index contributed by atoms with van der Waals surface area (Å²) in [4.78, 5) is 14.0. The van der Waals surface area contributed by atoms with Crippen molar-refractivity contribution in [3.05, 3.63) is 59.2 Å². The van der Waals surface area contributed by atoms with Crippen molar-refractivity contribution in [2.75, 3.05) is 6.54 Å². The van der Waals surface area contributed by atoms with E-state index in [2.05, 4.69) is 4.57 Å². The molecule has 4 heteroatoms. The third kappa shape index (κ3) is 2.03. The molecule has 0 radical (unpaired) electrons. The van der Waals surface area contributed by atoms with Gasteiger partial charge < -0.3 is 9.47 Å². The third-order valence-electron chi connectivity index (χ3n) is 3.67. The van der Waals surface area contributed by atoms with Crippen LogP contribution in [0.3, 0.4) is 0 Å². The van der Waals surface area contributed by atoms with Gasteiger partial charge in [0, 0.05) is 38.4 Å². The summed E-state index contributed by atoms with van der Waals surface area (Å²) in [5.74, 6) is -0.682. The normalized spacial score (nSPS) is 14.3. The molecule has 2 heterocycles. The number of carbonyl (C=O) groups is 1. The first kappa shape index (κ1) is 12.0. The number of hydrogen-bond donors (Lipinski definition) is 0. The second kappa shape index (κ2) is 4.53. The van der Waals surface area contributed by atoms with Gasteiger partial charge >= 0.3 is 0 Å². The Kier molecular flexibility index (Phi) is 2.85. The predicted octanol–water partition coefficient (Wildman–Crippen LogP) is 2.36. The van der Waals surface area contributed by atoms with Gasteiger partial charge in [0.2, 0.25) is 0 Å². The Balaban J connectivity index is 1.86. The lowest BCUT2D eigenvalue weighted by Gasteiger charge is -2.28. The molecule has 0 saturated carbocycles. The molecule has 0 spiro atoms. The summed E-state index contributed by atoms with van der Waals surface area (Å²) in [7, 11) is 2.01. The Bertz CT molecular complexity index is 633. The van der Waals surface area contributed by atoms with E-state index in [9.17, 15) is 9.18 Å². The van der Waals surface area contributed by atoms with Crippen LogP contribution < -0.4 is 0 Å². The second-order valence-corrected chi connectivity index (χ2v) is 4.86. The molecule has 0 fully saturated rings. The summed E-state index contributed by atoms with van der Waals surface area (Å²) in [6.45, 7) is 1.20. The molecule has 1 amide bonds. The first-order chi connectivity index (χ1) is 9.16. The van der Waals surface area contributed by atoms with Crippen LogP contribution in [0, 0.1) is 5.82 Å². The van der Waals surface area contributed by atoms with Crippen molar-refractivity contribution in [3.63, 3.8) is 0 Å². The second-order valence-electron chi connectivity index (χ2n) is 4.86. The summed E-state index contributed by atoms with van der Waals surface area (Å²) in [5, 5.41) is 0. The highest BCUT2D eigenvalue weighted by atomic mass is 19.1. The van der Waals surface area contributed by atoms with Crippen LogP contribution in [0.5, 0.6) is 0 Å². The van der Waals surface area contributed by atoms with Crippen molar-refractivity contribution in [3.8, 4) is 0 Å². The Morgan fingerprint density at radius 3 is 2.84 bits per heavy atom. The van der Waals surface area contributed by atoms with Gasteiger partial charge in [-0.1, -0.05) is 12.1 Å². The fourth-order valence-corrected chi connectivity index (χ4v) is 2.60. The van der Waals surface area contributed by atoms with Crippen LogP contribution in [0.2, 0.25) is 0 Å². The number of nitrogens with zero attached hydrogens (tertiary/aromatic N) is 2. The smallest absolute Gasteiger partial charge is 0.257 e. The van der Waals surface area contributed by atoms with Gasteiger partial charge in [-0.05, 0) is 23.8 Å². The number of hydrogen-bond acceptors (Lipinski definition) is 1. The molecule has 98 valence electrons. The van der Waals surface area contributed by atoms with Crippen molar-refractivity contribution in [1.82, 2.24) is 9.47 Å². The van der Waals surface area contributed by atoms with E-state index >= 15 is 0 Å². The van der Waals surface area contributed by atoms with E-state index in [4.69, 9.17) is 0 Å². The average molecular weight is 258 g/mol. The van der Waals surface area contributed by atoms with Crippen LogP contribution in [-0.2, 0) is 20.0 Å². The van der Waals surface area contributed by atoms with Crippen LogP contribution in [0.1, 0.15) is 21.6 Å². The number of halogens is 1. The lowest BCUT2D eigenvalue weighted by molar-refractivity contribution is 0.0728. The predicted molar refractivity (Wildman–Crippen MR) is 70.3 cm³/mol. The van der Waals surface area contributed by atoms with Crippen LogP contribution >= 0.6 is 0 Å². The molecule has 0 unspecified atom stereocenters. The molecule has 2 aromatic rings. The maximum Gasteiger partial charge on any atom is 0.257 e. The van der Waals surface area contributed by atoms with Gasteiger partial charge in [-0.15, -0.1) is 0 Å². The van der Waals surface area contributed by atoms with Gasteiger partial charge in [0.05, 0.1) is 5.56 Å². The zero-order valence-corrected chi connectivity index (χ0v) is 10.8. The first-order valence-corrected chi connectivity index (χ1v) is 6.33. The van der Waals surface area contributed by atoms with Gasteiger partial charge in [0.1, 0.15) is 5.82 Å². The molecule has 0 aliphatic carbocycles. The number of amides is 1. The summed E-state index contributed by atoms with van der Waals surface area (Å²) >= 11 is 0. The van der Waals surface area contributed by atoms with E-state index in [1.165, 1.54) is 17.8 Å². The summed E-state index contributed by atoms with van der Waals surface area (Å²) in [5.41, 5.74) is 2.57. The Hall–Kier alpha value is -2.10. The van der Waals surface area contributed by atoms with E-state index in [-0.39, 0.29) is 11.5 Å². The van der Waals surface area contributed by atoms with Crippen molar-refractivity contribution >= 4 is 5.91 Å². The average Bonchev–Trinajstić information content (AvgIpc) is 2.80. The molecule has 1 aliphatic heterocycles. The minimum absolute atomic E-state index is 0.155. The topological polar surface area (TPSA) is 25.2 Å². The van der Waals surface area contributed by atoms with E-state index in [0.29, 0.717) is 13.1 Å². The molecule has 0 N–H and O–H groups in total. The molecule has 1 aromatic heterocycles. The summed E-state index contributed by atoms with van der Waals surface area (Å²) < 4.78 is 15.7. The van der Waals surface area contributed by atoms with E-state index < -0.39 is 5.82 Å². The first-order valence-electron chi connectivity index (χ1n) is 6.33. The largest absolute Gasteiger partial charge is 0.354 e. The molecular formula is C15H15FN2O. The number of benzene rings is 1. The summed E-state index contributed by atoms with van der Waals surface area (Å²) in [6.07, 6.45) is 2.82. The van der Waals surface area contributed by atoms with Gasteiger partial charge in [-0.3, -0.25) is 4.79 Å². The van der Waals surface area contributed by atoms with Crippen molar-refractivity contribution < 1.29 is 9.18 Å². The zero-order chi connectivity index (χ0) is 13.4. The number of carbonyl (C=O) groups excluding carboxylic acids is 1. The molecular weight excluding hydrogens is 243 g/mol. The molecule has 0 bridgehead atoms. The lowest BCUT2D eigenvalue weighted by Crippen LogP contribution is -2.36. The lowest BCUT2D eigenvalue weighted by atomic mass is 10.1. The van der Waals surface area contributed by atoms with Crippen LogP contribution in [-0.4, -0.2) is 21.9 Å². The Morgan fingerprint density at radius 1 is 1.26 bits per heavy atom. The minimum Gasteiger partial charge on any atom is -0.354 e. The highest BCUT2D eigenvalue weighted by Crippen LogP contribution is 2.21. The molecule has 3 rings (SSSR count).